The highest BCUT2D eigenvalue weighted by atomic mass is 16.6. The van der Waals surface area contributed by atoms with Crippen LogP contribution in [0.2, 0.25) is 0 Å². The Labute approximate surface area is 235 Å². The van der Waals surface area contributed by atoms with Gasteiger partial charge in [0.1, 0.15) is 28.8 Å². The van der Waals surface area contributed by atoms with Crippen LogP contribution in [0, 0.1) is 0 Å². The summed E-state index contributed by atoms with van der Waals surface area (Å²) >= 11 is 0. The Kier molecular flexibility index (Phi) is 8.77. The van der Waals surface area contributed by atoms with Gasteiger partial charge in [-0.15, -0.1) is 0 Å². The Bertz CT molecular complexity index is 1330. The Morgan fingerprint density at radius 2 is 1.88 bits per heavy atom. The van der Waals surface area contributed by atoms with Crippen LogP contribution < -0.4 is 19.9 Å². The van der Waals surface area contributed by atoms with Crippen molar-refractivity contribution in [1.29, 1.82) is 0 Å². The van der Waals surface area contributed by atoms with Crippen molar-refractivity contribution in [3.8, 4) is 5.75 Å². The Balaban J connectivity index is 1.58. The van der Waals surface area contributed by atoms with Gasteiger partial charge in [0.15, 0.2) is 0 Å². The van der Waals surface area contributed by atoms with E-state index < -0.39 is 17.8 Å². The quantitative estimate of drug-likeness (QED) is 0.422. The molecule has 1 N–H and O–H groups in total. The maximum Gasteiger partial charge on any atom is 0.410 e. The molecule has 10 nitrogen and oxygen atoms in total. The van der Waals surface area contributed by atoms with Crippen LogP contribution in [-0.4, -0.2) is 72.7 Å². The lowest BCUT2D eigenvalue weighted by atomic mass is 10.1. The third kappa shape index (κ3) is 6.99. The van der Waals surface area contributed by atoms with E-state index in [-0.39, 0.29) is 12.5 Å². The van der Waals surface area contributed by atoms with Crippen LogP contribution in [0.5, 0.6) is 5.75 Å². The average Bonchev–Trinajstić information content (AvgIpc) is 3.04. The van der Waals surface area contributed by atoms with Crippen molar-refractivity contribution < 1.29 is 19.1 Å². The number of aromatic nitrogens is 2. The van der Waals surface area contributed by atoms with E-state index in [0.717, 1.165) is 5.56 Å². The predicted octanol–water partition coefficient (Wildman–Crippen LogP) is 4.99. The molecule has 10 heteroatoms. The second-order valence-corrected chi connectivity index (χ2v) is 10.7. The normalized spacial score (nSPS) is 14.2. The second-order valence-electron chi connectivity index (χ2n) is 10.7. The molecule has 0 spiro atoms. The lowest BCUT2D eigenvalue weighted by molar-refractivity contribution is 0.0226. The van der Waals surface area contributed by atoms with Gasteiger partial charge in [0, 0.05) is 51.7 Å². The van der Waals surface area contributed by atoms with Crippen molar-refractivity contribution in [1.82, 2.24) is 14.9 Å². The number of hydrogen-bond acceptors (Lipinski definition) is 8. The number of likely N-dealkylation sites (N-methyl/N-ethyl adjacent to an activating group) is 2. The highest BCUT2D eigenvalue weighted by Crippen LogP contribution is 2.30. The number of nitrogens with one attached hydrogen (secondary N) is 1. The minimum atomic E-state index is -0.603. The molecule has 0 saturated carbocycles. The maximum absolute atomic E-state index is 13.6. The molecule has 2 aromatic carbocycles. The summed E-state index contributed by atoms with van der Waals surface area (Å²) in [4.78, 5) is 40.4. The molecule has 1 aromatic heterocycles. The minimum absolute atomic E-state index is 0.177. The number of carbonyl (C=O) groups excluding carboxylic acids is 2. The molecule has 2 amide bonds. The van der Waals surface area contributed by atoms with E-state index in [4.69, 9.17) is 9.47 Å². The number of nitrogens with zero attached hydrogens (tertiary/aromatic N) is 5. The summed E-state index contributed by atoms with van der Waals surface area (Å²) in [5, 5.41) is 3.10. The van der Waals surface area contributed by atoms with Crippen molar-refractivity contribution in [3.05, 3.63) is 71.9 Å². The number of benzene rings is 2. The van der Waals surface area contributed by atoms with E-state index in [1.807, 2.05) is 94.2 Å². The van der Waals surface area contributed by atoms with Gasteiger partial charge in [0.05, 0.1) is 6.54 Å². The molecule has 212 valence electrons. The summed E-state index contributed by atoms with van der Waals surface area (Å²) in [5.41, 5.74) is 1.45. The summed E-state index contributed by atoms with van der Waals surface area (Å²) in [6, 6.07) is 17.2. The Morgan fingerprint density at radius 3 is 2.58 bits per heavy atom. The molecule has 0 aliphatic carbocycles. The predicted molar refractivity (Wildman–Crippen MR) is 156 cm³/mol. The summed E-state index contributed by atoms with van der Waals surface area (Å²) < 4.78 is 12.0. The molecule has 1 atom stereocenters. The molecule has 0 saturated heterocycles. The molecule has 40 heavy (non-hydrogen) atoms. The molecule has 4 rings (SSSR count). The zero-order chi connectivity index (χ0) is 28.9. The van der Waals surface area contributed by atoms with E-state index in [1.165, 1.54) is 4.90 Å². The SMILES string of the molecule is CCNc1ncc2c(n1)N(C)CCN(c1cccc(OC(CN(C)C(=O)OC(C)(C)C)c3ccccc3)c1)C2=O. The van der Waals surface area contributed by atoms with E-state index in [2.05, 4.69) is 15.3 Å². The van der Waals surface area contributed by atoms with Crippen molar-refractivity contribution in [2.24, 2.45) is 0 Å². The Hall–Kier alpha value is -4.34. The van der Waals surface area contributed by atoms with Crippen LogP contribution in [0.25, 0.3) is 0 Å². The molecule has 0 radical (unpaired) electrons. The molecular formula is C30H38N6O4. The molecule has 1 unspecified atom stereocenters. The number of amides is 2. The average molecular weight is 547 g/mol. The lowest BCUT2D eigenvalue weighted by Gasteiger charge is -2.28. The largest absolute Gasteiger partial charge is 0.484 e. The van der Waals surface area contributed by atoms with Crippen molar-refractivity contribution >= 4 is 29.5 Å². The number of anilines is 3. The summed E-state index contributed by atoms with van der Waals surface area (Å²) in [6.45, 7) is 9.50. The van der Waals surface area contributed by atoms with E-state index >= 15 is 0 Å². The van der Waals surface area contributed by atoms with Crippen LogP contribution in [-0.2, 0) is 4.74 Å². The van der Waals surface area contributed by atoms with Crippen LogP contribution in [0.15, 0.2) is 60.8 Å². The monoisotopic (exact) mass is 546 g/mol. The molecule has 1 aliphatic heterocycles. The molecule has 0 fully saturated rings. The van der Waals surface area contributed by atoms with E-state index in [1.54, 1.807) is 18.1 Å². The third-order valence-corrected chi connectivity index (χ3v) is 6.32. The molecule has 2 heterocycles. The van der Waals surface area contributed by atoms with Gasteiger partial charge in [-0.05, 0) is 45.4 Å². The van der Waals surface area contributed by atoms with Gasteiger partial charge < -0.3 is 29.5 Å². The number of rotatable bonds is 8. The molecular weight excluding hydrogens is 508 g/mol. The second kappa shape index (κ2) is 12.2. The Morgan fingerprint density at radius 1 is 1.12 bits per heavy atom. The fraction of sp³-hybridized carbons (Fsp3) is 0.400. The van der Waals surface area contributed by atoms with Gasteiger partial charge in [-0.2, -0.15) is 4.98 Å². The first kappa shape index (κ1) is 28.7. The number of ether oxygens (including phenoxy) is 2. The minimum Gasteiger partial charge on any atom is -0.484 e. The smallest absolute Gasteiger partial charge is 0.410 e. The summed E-state index contributed by atoms with van der Waals surface area (Å²) in [5.74, 6) is 1.49. The number of hydrogen-bond donors (Lipinski definition) is 1. The fourth-order valence-electron chi connectivity index (χ4n) is 4.34. The molecule has 3 aromatic rings. The highest BCUT2D eigenvalue weighted by molar-refractivity contribution is 6.09. The van der Waals surface area contributed by atoms with Crippen LogP contribution >= 0.6 is 0 Å². The zero-order valence-electron chi connectivity index (χ0n) is 24.0. The zero-order valence-corrected chi connectivity index (χ0v) is 24.0. The topological polar surface area (TPSA) is 100 Å². The van der Waals surface area contributed by atoms with Gasteiger partial charge in [0.2, 0.25) is 5.95 Å². The van der Waals surface area contributed by atoms with Crippen LogP contribution in [0.4, 0.5) is 22.2 Å². The first-order chi connectivity index (χ1) is 19.1. The van der Waals surface area contributed by atoms with E-state index in [0.29, 0.717) is 48.4 Å². The van der Waals surface area contributed by atoms with Crippen molar-refractivity contribution in [2.45, 2.75) is 39.4 Å². The van der Waals surface area contributed by atoms with Crippen molar-refractivity contribution in [3.63, 3.8) is 0 Å². The number of fused-ring (bicyclic) bond motifs is 1. The van der Waals surface area contributed by atoms with Crippen LogP contribution in [0.3, 0.4) is 0 Å². The van der Waals surface area contributed by atoms with Crippen LogP contribution in [0.1, 0.15) is 49.7 Å². The first-order valence-electron chi connectivity index (χ1n) is 13.5. The third-order valence-electron chi connectivity index (χ3n) is 6.32. The summed E-state index contributed by atoms with van der Waals surface area (Å²) in [7, 11) is 3.61. The maximum atomic E-state index is 13.6. The standard InChI is InChI=1S/C30H38N6O4/c1-7-31-28-32-19-24-26(33-28)34(5)16-17-36(27(24)37)22-14-11-15-23(18-22)39-25(21-12-9-8-10-13-21)20-35(6)29(38)40-30(2,3)4/h8-15,18-19,25H,7,16-17,20H2,1-6H3,(H,31,32,33). The van der Waals surface area contributed by atoms with Gasteiger partial charge in [-0.3, -0.25) is 4.79 Å². The fourth-order valence-corrected chi connectivity index (χ4v) is 4.34. The van der Waals surface area contributed by atoms with Gasteiger partial charge in [-0.1, -0.05) is 36.4 Å². The molecule has 0 bridgehead atoms. The van der Waals surface area contributed by atoms with E-state index in [9.17, 15) is 9.59 Å². The van der Waals surface area contributed by atoms with Gasteiger partial charge in [-0.25, -0.2) is 9.78 Å². The summed E-state index contributed by atoms with van der Waals surface area (Å²) in [6.07, 6.45) is 0.692. The molecule has 1 aliphatic rings. The highest BCUT2D eigenvalue weighted by Gasteiger charge is 2.29. The number of carbonyl (C=O) groups is 2. The first-order valence-corrected chi connectivity index (χ1v) is 13.5. The van der Waals surface area contributed by atoms with Gasteiger partial charge in [0.25, 0.3) is 5.91 Å². The van der Waals surface area contributed by atoms with Gasteiger partial charge >= 0.3 is 6.09 Å². The lowest BCUT2D eigenvalue weighted by Crippen LogP contribution is -2.37. The van der Waals surface area contributed by atoms with Crippen molar-refractivity contribution in [2.75, 3.05) is 55.4 Å².